The zero-order valence-corrected chi connectivity index (χ0v) is 13.0. The molecule has 4 nitrogen and oxygen atoms in total. The first kappa shape index (κ1) is 15.9. The second-order valence-corrected chi connectivity index (χ2v) is 6.29. The normalized spacial score (nSPS) is 18.0. The number of piperidine rings is 1. The molecule has 122 valence electrons. The number of pyridine rings is 1. The number of aromatic nitrogens is 1. The van der Waals surface area contributed by atoms with Gasteiger partial charge in [0.15, 0.2) is 0 Å². The van der Waals surface area contributed by atoms with Crippen molar-refractivity contribution in [2.45, 2.75) is 31.5 Å². The van der Waals surface area contributed by atoms with Crippen LogP contribution in [0.1, 0.15) is 18.4 Å². The van der Waals surface area contributed by atoms with Gasteiger partial charge in [0, 0.05) is 31.9 Å². The number of rotatable bonds is 4. The van der Waals surface area contributed by atoms with Gasteiger partial charge in [0.2, 0.25) is 0 Å². The van der Waals surface area contributed by atoms with Crippen LogP contribution in [0, 0.1) is 5.82 Å². The average Bonchev–Trinajstić information content (AvgIpc) is 2.54. The highest BCUT2D eigenvalue weighted by Gasteiger charge is 2.32. The van der Waals surface area contributed by atoms with Gasteiger partial charge < -0.3 is 9.67 Å². The van der Waals surface area contributed by atoms with E-state index in [-0.39, 0.29) is 11.4 Å². The topological polar surface area (TPSA) is 45.5 Å². The summed E-state index contributed by atoms with van der Waals surface area (Å²) >= 11 is 0. The molecule has 0 unspecified atom stereocenters. The summed E-state index contributed by atoms with van der Waals surface area (Å²) in [5, 5.41) is 10.7. The number of nitrogens with zero attached hydrogens (tertiary/aromatic N) is 2. The van der Waals surface area contributed by atoms with Crippen LogP contribution in [-0.2, 0) is 13.1 Å². The van der Waals surface area contributed by atoms with Crippen LogP contribution < -0.4 is 5.56 Å². The number of benzene rings is 1. The third-order valence-corrected chi connectivity index (χ3v) is 4.47. The van der Waals surface area contributed by atoms with E-state index in [1.807, 2.05) is 0 Å². The first-order chi connectivity index (χ1) is 11.0. The van der Waals surface area contributed by atoms with Crippen molar-refractivity contribution < 1.29 is 9.50 Å². The predicted octanol–water partition coefficient (Wildman–Crippen LogP) is 2.01. The van der Waals surface area contributed by atoms with Gasteiger partial charge >= 0.3 is 0 Å². The average molecular weight is 316 g/mol. The molecule has 0 aliphatic carbocycles. The standard InChI is InChI=1S/C18H21FN2O2/c19-16-6-4-15(5-7-16)13-20-11-8-18(23,9-12-20)14-21-10-2-1-3-17(21)22/h1-7,10,23H,8-9,11-14H2. The van der Waals surface area contributed by atoms with E-state index in [1.54, 1.807) is 35.0 Å². The second kappa shape index (κ2) is 6.64. The van der Waals surface area contributed by atoms with Crippen LogP contribution in [0.25, 0.3) is 0 Å². The summed E-state index contributed by atoms with van der Waals surface area (Å²) < 4.78 is 14.5. The van der Waals surface area contributed by atoms with Crippen molar-refractivity contribution in [2.24, 2.45) is 0 Å². The van der Waals surface area contributed by atoms with Gasteiger partial charge in [0.05, 0.1) is 12.1 Å². The number of aliphatic hydroxyl groups is 1. The van der Waals surface area contributed by atoms with Gasteiger partial charge in [-0.05, 0) is 36.6 Å². The highest BCUT2D eigenvalue weighted by Crippen LogP contribution is 2.24. The van der Waals surface area contributed by atoms with Gasteiger partial charge in [-0.25, -0.2) is 4.39 Å². The third-order valence-electron chi connectivity index (χ3n) is 4.47. The summed E-state index contributed by atoms with van der Waals surface area (Å²) in [6.45, 7) is 2.60. The van der Waals surface area contributed by atoms with Crippen molar-refractivity contribution >= 4 is 0 Å². The van der Waals surface area contributed by atoms with Crippen LogP contribution in [0.3, 0.4) is 0 Å². The lowest BCUT2D eigenvalue weighted by Crippen LogP contribution is -2.47. The zero-order valence-electron chi connectivity index (χ0n) is 13.0. The van der Waals surface area contributed by atoms with E-state index in [9.17, 15) is 14.3 Å². The van der Waals surface area contributed by atoms with Crippen molar-refractivity contribution in [3.8, 4) is 0 Å². The maximum absolute atomic E-state index is 12.9. The van der Waals surface area contributed by atoms with Crippen LogP contribution in [0.4, 0.5) is 4.39 Å². The van der Waals surface area contributed by atoms with Crippen LogP contribution in [0.2, 0.25) is 0 Å². The SMILES string of the molecule is O=c1ccccn1CC1(O)CCN(Cc2ccc(F)cc2)CC1. The van der Waals surface area contributed by atoms with Crippen LogP contribution in [0.15, 0.2) is 53.5 Å². The summed E-state index contributed by atoms with van der Waals surface area (Å²) in [7, 11) is 0. The molecule has 5 heteroatoms. The molecule has 0 radical (unpaired) electrons. The van der Waals surface area contributed by atoms with E-state index in [1.165, 1.54) is 18.2 Å². The van der Waals surface area contributed by atoms with E-state index in [4.69, 9.17) is 0 Å². The van der Waals surface area contributed by atoms with Gasteiger partial charge in [0.25, 0.3) is 5.56 Å². The van der Waals surface area contributed by atoms with Gasteiger partial charge in [-0.1, -0.05) is 18.2 Å². The number of likely N-dealkylation sites (tertiary alicyclic amines) is 1. The minimum absolute atomic E-state index is 0.0883. The fourth-order valence-electron chi connectivity index (χ4n) is 3.04. The van der Waals surface area contributed by atoms with E-state index in [2.05, 4.69) is 4.90 Å². The summed E-state index contributed by atoms with van der Waals surface area (Å²) in [6, 6.07) is 11.5. The Bertz CT molecular complexity index is 703. The van der Waals surface area contributed by atoms with Gasteiger partial charge in [-0.15, -0.1) is 0 Å². The van der Waals surface area contributed by atoms with Crippen LogP contribution in [0.5, 0.6) is 0 Å². The molecule has 0 bridgehead atoms. The lowest BCUT2D eigenvalue weighted by atomic mass is 9.91. The van der Waals surface area contributed by atoms with E-state index in [0.29, 0.717) is 19.4 Å². The Morgan fingerprint density at radius 3 is 2.43 bits per heavy atom. The Morgan fingerprint density at radius 1 is 1.09 bits per heavy atom. The molecule has 1 aromatic carbocycles. The Hall–Kier alpha value is -1.98. The van der Waals surface area contributed by atoms with Crippen molar-refractivity contribution in [1.82, 2.24) is 9.47 Å². The Balaban J connectivity index is 1.58. The molecule has 2 aromatic rings. The second-order valence-electron chi connectivity index (χ2n) is 6.29. The summed E-state index contributed by atoms with van der Waals surface area (Å²) in [4.78, 5) is 14.0. The minimum atomic E-state index is -0.843. The van der Waals surface area contributed by atoms with Crippen molar-refractivity contribution in [3.05, 3.63) is 70.4 Å². The fourth-order valence-corrected chi connectivity index (χ4v) is 3.04. The minimum Gasteiger partial charge on any atom is -0.388 e. The molecule has 1 saturated heterocycles. The van der Waals surface area contributed by atoms with E-state index in [0.717, 1.165) is 25.2 Å². The molecule has 23 heavy (non-hydrogen) atoms. The van der Waals surface area contributed by atoms with Gasteiger partial charge in [-0.2, -0.15) is 0 Å². The molecule has 0 amide bonds. The highest BCUT2D eigenvalue weighted by atomic mass is 19.1. The number of hydrogen-bond donors (Lipinski definition) is 1. The van der Waals surface area contributed by atoms with Gasteiger partial charge in [-0.3, -0.25) is 9.69 Å². The predicted molar refractivity (Wildman–Crippen MR) is 86.6 cm³/mol. The molecular weight excluding hydrogens is 295 g/mol. The summed E-state index contributed by atoms with van der Waals surface area (Å²) in [5.74, 6) is -0.227. The third kappa shape index (κ3) is 4.06. The summed E-state index contributed by atoms with van der Waals surface area (Å²) in [6.07, 6.45) is 2.95. The molecule has 0 saturated carbocycles. The lowest BCUT2D eigenvalue weighted by Gasteiger charge is -2.38. The maximum atomic E-state index is 12.9. The molecule has 1 aliphatic heterocycles. The fraction of sp³-hybridized carbons (Fsp3) is 0.389. The molecule has 2 heterocycles. The molecule has 0 atom stereocenters. The first-order valence-electron chi connectivity index (χ1n) is 7.89. The van der Waals surface area contributed by atoms with Crippen LogP contribution in [-0.4, -0.2) is 33.3 Å². The number of hydrogen-bond acceptors (Lipinski definition) is 3. The highest BCUT2D eigenvalue weighted by molar-refractivity contribution is 5.16. The quantitative estimate of drug-likeness (QED) is 0.938. The lowest BCUT2D eigenvalue weighted by molar-refractivity contribution is -0.0364. The van der Waals surface area contributed by atoms with Crippen LogP contribution >= 0.6 is 0 Å². The Labute approximate surface area is 134 Å². The molecule has 0 spiro atoms. The molecule has 1 aliphatic rings. The number of halogens is 1. The van der Waals surface area contributed by atoms with E-state index < -0.39 is 5.60 Å². The summed E-state index contributed by atoms with van der Waals surface area (Å²) in [5.41, 5.74) is 0.135. The maximum Gasteiger partial charge on any atom is 0.250 e. The van der Waals surface area contributed by atoms with E-state index >= 15 is 0 Å². The molecular formula is C18H21FN2O2. The Kier molecular flexibility index (Phi) is 4.59. The zero-order chi connectivity index (χ0) is 16.3. The smallest absolute Gasteiger partial charge is 0.250 e. The molecule has 1 aromatic heterocycles. The van der Waals surface area contributed by atoms with Crippen molar-refractivity contribution in [3.63, 3.8) is 0 Å². The monoisotopic (exact) mass is 316 g/mol. The van der Waals surface area contributed by atoms with Crippen molar-refractivity contribution in [2.75, 3.05) is 13.1 Å². The first-order valence-corrected chi connectivity index (χ1v) is 7.89. The van der Waals surface area contributed by atoms with Gasteiger partial charge in [0.1, 0.15) is 5.82 Å². The molecule has 3 rings (SSSR count). The molecule has 1 fully saturated rings. The molecule has 1 N–H and O–H groups in total. The Morgan fingerprint density at radius 2 is 1.78 bits per heavy atom. The largest absolute Gasteiger partial charge is 0.388 e. The van der Waals surface area contributed by atoms with Crippen molar-refractivity contribution in [1.29, 1.82) is 0 Å².